The third kappa shape index (κ3) is 2.57. The number of hydrogen-bond donors (Lipinski definition) is 1. The minimum absolute atomic E-state index is 0.0500. The van der Waals surface area contributed by atoms with E-state index in [4.69, 9.17) is 9.47 Å². The first kappa shape index (κ1) is 8.77. The number of nitrogens with one attached hydrogen (secondary N) is 1. The van der Waals surface area contributed by atoms with Gasteiger partial charge in [-0.05, 0) is 0 Å². The maximum Gasteiger partial charge on any atom is 0.317 e. The summed E-state index contributed by atoms with van der Waals surface area (Å²) in [5.41, 5.74) is 0. The van der Waals surface area contributed by atoms with E-state index in [1.54, 1.807) is 11.9 Å². The zero-order chi connectivity index (χ0) is 9.26. The van der Waals surface area contributed by atoms with Crippen molar-refractivity contribution >= 4 is 6.03 Å². The number of nitrogens with zero attached hydrogens (tertiary/aromatic N) is 1. The van der Waals surface area contributed by atoms with Crippen molar-refractivity contribution < 1.29 is 14.3 Å². The first-order valence-electron chi connectivity index (χ1n) is 4.49. The number of ether oxygens (including phenoxy) is 2. The van der Waals surface area contributed by atoms with E-state index < -0.39 is 0 Å². The monoisotopic (exact) mass is 186 g/mol. The molecule has 2 rings (SSSR count). The molecular weight excluding hydrogens is 172 g/mol. The van der Waals surface area contributed by atoms with Crippen LogP contribution in [0.5, 0.6) is 0 Å². The fourth-order valence-electron chi connectivity index (χ4n) is 1.24. The number of carbonyl (C=O) groups is 1. The molecule has 13 heavy (non-hydrogen) atoms. The average Bonchev–Trinajstić information content (AvgIpc) is 2.94. The molecule has 2 atom stereocenters. The summed E-state index contributed by atoms with van der Waals surface area (Å²) in [4.78, 5) is 13.1. The summed E-state index contributed by atoms with van der Waals surface area (Å²) >= 11 is 0. The van der Waals surface area contributed by atoms with E-state index in [9.17, 15) is 4.79 Å². The Kier molecular flexibility index (Phi) is 2.37. The Labute approximate surface area is 77.0 Å². The molecular formula is C8H14N2O3. The minimum Gasteiger partial charge on any atom is -0.371 e. The van der Waals surface area contributed by atoms with Crippen LogP contribution in [-0.2, 0) is 9.47 Å². The predicted octanol–water partition coefficient (Wildman–Crippen LogP) is -0.575. The van der Waals surface area contributed by atoms with Crippen LogP contribution in [0.3, 0.4) is 0 Å². The van der Waals surface area contributed by atoms with Gasteiger partial charge in [0.05, 0.1) is 38.5 Å². The molecule has 0 aromatic heterocycles. The second-order valence-corrected chi connectivity index (χ2v) is 3.37. The lowest BCUT2D eigenvalue weighted by Crippen LogP contribution is -2.42. The Morgan fingerprint density at radius 1 is 1.38 bits per heavy atom. The van der Waals surface area contributed by atoms with Gasteiger partial charge in [0.2, 0.25) is 0 Å². The van der Waals surface area contributed by atoms with Crippen molar-refractivity contribution in [1.82, 2.24) is 10.2 Å². The van der Waals surface area contributed by atoms with Crippen LogP contribution in [0.4, 0.5) is 4.79 Å². The molecule has 0 aromatic rings. The molecule has 0 radical (unpaired) electrons. The van der Waals surface area contributed by atoms with Gasteiger partial charge in [0.25, 0.3) is 0 Å². The van der Waals surface area contributed by atoms with Gasteiger partial charge >= 0.3 is 6.03 Å². The SMILES string of the molecule is CNC(=O)N(CC1CO1)CC1CO1. The Hall–Kier alpha value is -0.810. The lowest BCUT2D eigenvalue weighted by Gasteiger charge is -2.19. The summed E-state index contributed by atoms with van der Waals surface area (Å²) in [7, 11) is 1.64. The topological polar surface area (TPSA) is 57.4 Å². The van der Waals surface area contributed by atoms with E-state index in [-0.39, 0.29) is 18.2 Å². The quantitative estimate of drug-likeness (QED) is 0.598. The van der Waals surface area contributed by atoms with Crippen molar-refractivity contribution in [1.29, 1.82) is 0 Å². The van der Waals surface area contributed by atoms with Gasteiger partial charge in [-0.25, -0.2) is 4.79 Å². The highest BCUT2D eigenvalue weighted by atomic mass is 16.6. The van der Waals surface area contributed by atoms with E-state index in [2.05, 4.69) is 5.32 Å². The van der Waals surface area contributed by atoms with Crippen molar-refractivity contribution in [2.45, 2.75) is 12.2 Å². The molecule has 0 bridgehead atoms. The van der Waals surface area contributed by atoms with Crippen LogP contribution in [0.25, 0.3) is 0 Å². The van der Waals surface area contributed by atoms with Crippen LogP contribution in [0.15, 0.2) is 0 Å². The van der Waals surface area contributed by atoms with Crippen molar-refractivity contribution in [3.63, 3.8) is 0 Å². The van der Waals surface area contributed by atoms with Gasteiger partial charge in [0.15, 0.2) is 0 Å². The van der Waals surface area contributed by atoms with Crippen molar-refractivity contribution in [3.05, 3.63) is 0 Å². The Balaban J connectivity index is 1.80. The second kappa shape index (κ2) is 3.51. The maximum absolute atomic E-state index is 11.3. The summed E-state index contributed by atoms with van der Waals surface area (Å²) in [6.45, 7) is 2.91. The molecule has 2 aliphatic heterocycles. The molecule has 2 saturated heterocycles. The molecule has 5 heteroatoms. The Morgan fingerprint density at radius 2 is 1.85 bits per heavy atom. The standard InChI is InChI=1S/C8H14N2O3/c1-9-8(11)10(2-6-4-12-6)3-7-5-13-7/h6-7H,2-5H2,1H3,(H,9,11). The molecule has 2 unspecified atom stereocenters. The third-order valence-corrected chi connectivity index (χ3v) is 2.15. The second-order valence-electron chi connectivity index (χ2n) is 3.37. The van der Waals surface area contributed by atoms with Crippen LogP contribution < -0.4 is 5.32 Å². The van der Waals surface area contributed by atoms with Crippen LogP contribution >= 0.6 is 0 Å². The predicted molar refractivity (Wildman–Crippen MR) is 45.5 cm³/mol. The molecule has 2 amide bonds. The smallest absolute Gasteiger partial charge is 0.317 e. The molecule has 0 aliphatic carbocycles. The first-order valence-corrected chi connectivity index (χ1v) is 4.49. The summed E-state index contributed by atoms with van der Waals surface area (Å²) < 4.78 is 10.1. The van der Waals surface area contributed by atoms with Gasteiger partial charge in [0, 0.05) is 7.05 Å². The maximum atomic E-state index is 11.3. The van der Waals surface area contributed by atoms with Gasteiger partial charge in [-0.1, -0.05) is 0 Å². The normalized spacial score (nSPS) is 29.6. The van der Waals surface area contributed by atoms with E-state index in [0.717, 1.165) is 13.2 Å². The number of amides is 2. The Bertz CT molecular complexity index is 188. The van der Waals surface area contributed by atoms with E-state index in [1.807, 2.05) is 0 Å². The van der Waals surface area contributed by atoms with Gasteiger partial charge in [0.1, 0.15) is 0 Å². The summed E-state index contributed by atoms with van der Waals surface area (Å²) in [6, 6.07) is -0.0500. The van der Waals surface area contributed by atoms with Crippen LogP contribution in [0, 0.1) is 0 Å². The van der Waals surface area contributed by atoms with Crippen molar-refractivity contribution in [2.75, 3.05) is 33.4 Å². The molecule has 5 nitrogen and oxygen atoms in total. The highest BCUT2D eigenvalue weighted by molar-refractivity contribution is 5.73. The van der Waals surface area contributed by atoms with Crippen LogP contribution in [0.2, 0.25) is 0 Å². The number of hydrogen-bond acceptors (Lipinski definition) is 3. The molecule has 0 aromatic carbocycles. The van der Waals surface area contributed by atoms with Crippen LogP contribution in [0.1, 0.15) is 0 Å². The van der Waals surface area contributed by atoms with E-state index in [0.29, 0.717) is 13.1 Å². The highest BCUT2D eigenvalue weighted by Gasteiger charge is 2.32. The van der Waals surface area contributed by atoms with Crippen molar-refractivity contribution in [2.24, 2.45) is 0 Å². The molecule has 74 valence electrons. The van der Waals surface area contributed by atoms with Gasteiger partial charge < -0.3 is 19.7 Å². The molecule has 0 spiro atoms. The number of urea groups is 1. The van der Waals surface area contributed by atoms with Gasteiger partial charge in [-0.3, -0.25) is 0 Å². The zero-order valence-corrected chi connectivity index (χ0v) is 7.66. The lowest BCUT2D eigenvalue weighted by atomic mass is 10.3. The summed E-state index contributed by atoms with van der Waals surface area (Å²) in [5.74, 6) is 0. The van der Waals surface area contributed by atoms with Crippen LogP contribution in [-0.4, -0.2) is 56.5 Å². The zero-order valence-electron chi connectivity index (χ0n) is 7.66. The Morgan fingerprint density at radius 3 is 2.15 bits per heavy atom. The molecule has 2 heterocycles. The average molecular weight is 186 g/mol. The number of carbonyl (C=O) groups excluding carboxylic acids is 1. The fourth-order valence-corrected chi connectivity index (χ4v) is 1.24. The van der Waals surface area contributed by atoms with Crippen molar-refractivity contribution in [3.8, 4) is 0 Å². The van der Waals surface area contributed by atoms with Gasteiger partial charge in [-0.2, -0.15) is 0 Å². The molecule has 2 fully saturated rings. The third-order valence-electron chi connectivity index (χ3n) is 2.15. The molecule has 2 aliphatic rings. The first-order chi connectivity index (χ1) is 6.29. The van der Waals surface area contributed by atoms with Gasteiger partial charge in [-0.15, -0.1) is 0 Å². The lowest BCUT2D eigenvalue weighted by molar-refractivity contribution is 0.187. The minimum atomic E-state index is -0.0500. The number of rotatable bonds is 4. The molecule has 1 N–H and O–H groups in total. The summed E-state index contributed by atoms with van der Waals surface area (Å²) in [6.07, 6.45) is 0.493. The van der Waals surface area contributed by atoms with E-state index >= 15 is 0 Å². The highest BCUT2D eigenvalue weighted by Crippen LogP contribution is 2.15. The number of epoxide rings is 2. The fraction of sp³-hybridized carbons (Fsp3) is 0.875. The molecule has 0 saturated carbocycles. The summed E-state index contributed by atoms with van der Waals surface area (Å²) in [5, 5.41) is 2.61. The largest absolute Gasteiger partial charge is 0.371 e. The van der Waals surface area contributed by atoms with E-state index in [1.165, 1.54) is 0 Å².